The van der Waals surface area contributed by atoms with Crippen molar-refractivity contribution in [1.29, 1.82) is 0 Å². The van der Waals surface area contributed by atoms with Crippen LogP contribution in [0.4, 0.5) is 0 Å². The van der Waals surface area contributed by atoms with Crippen LogP contribution in [0, 0.1) is 0 Å². The van der Waals surface area contributed by atoms with Crippen LogP contribution < -0.4 is 10.6 Å². The molecule has 1 saturated heterocycles. The Labute approximate surface area is 126 Å². The molecule has 0 spiro atoms. The quantitative estimate of drug-likeness (QED) is 0.853. The van der Waals surface area contributed by atoms with Crippen LogP contribution in [0.25, 0.3) is 0 Å². The Kier molecular flexibility index (Phi) is 4.27. The average Bonchev–Trinajstić information content (AvgIpc) is 3.30. The summed E-state index contributed by atoms with van der Waals surface area (Å²) in [4.78, 5) is 14.4. The van der Waals surface area contributed by atoms with Crippen molar-refractivity contribution in [3.8, 4) is 0 Å². The molecule has 4 nitrogen and oxygen atoms in total. The van der Waals surface area contributed by atoms with E-state index in [9.17, 15) is 4.79 Å². The maximum Gasteiger partial charge on any atom is 0.234 e. The Morgan fingerprint density at radius 2 is 2.14 bits per heavy atom. The van der Waals surface area contributed by atoms with E-state index >= 15 is 0 Å². The first-order valence-electron chi connectivity index (χ1n) is 7.97. The van der Waals surface area contributed by atoms with Gasteiger partial charge in [-0.05, 0) is 25.3 Å². The van der Waals surface area contributed by atoms with Gasteiger partial charge in [-0.1, -0.05) is 30.3 Å². The normalized spacial score (nSPS) is 24.5. The van der Waals surface area contributed by atoms with E-state index < -0.39 is 0 Å². The van der Waals surface area contributed by atoms with Gasteiger partial charge in [0, 0.05) is 37.6 Å². The van der Waals surface area contributed by atoms with Crippen molar-refractivity contribution in [2.45, 2.75) is 31.2 Å². The number of hydrogen-bond donors (Lipinski definition) is 2. The molecular weight excluding hydrogens is 262 g/mol. The van der Waals surface area contributed by atoms with E-state index in [2.05, 4.69) is 46.7 Å². The van der Waals surface area contributed by atoms with Crippen LogP contribution in [0.2, 0.25) is 0 Å². The molecule has 1 aliphatic carbocycles. The molecule has 1 saturated carbocycles. The van der Waals surface area contributed by atoms with E-state index in [1.54, 1.807) is 0 Å². The minimum atomic E-state index is 0.158. The molecule has 0 unspecified atom stereocenters. The van der Waals surface area contributed by atoms with Gasteiger partial charge in [0.15, 0.2) is 0 Å². The van der Waals surface area contributed by atoms with Crippen LogP contribution in [0.15, 0.2) is 30.3 Å². The van der Waals surface area contributed by atoms with E-state index in [1.807, 2.05) is 6.07 Å². The average molecular weight is 287 g/mol. The predicted octanol–water partition coefficient (Wildman–Crippen LogP) is 1.13. The summed E-state index contributed by atoms with van der Waals surface area (Å²) in [5.74, 6) is 0.158. The molecule has 1 aliphatic heterocycles. The summed E-state index contributed by atoms with van der Waals surface area (Å²) >= 11 is 0. The van der Waals surface area contributed by atoms with Crippen molar-refractivity contribution >= 4 is 5.91 Å². The van der Waals surface area contributed by atoms with Crippen molar-refractivity contribution in [2.24, 2.45) is 0 Å². The first-order valence-corrected chi connectivity index (χ1v) is 7.97. The first-order chi connectivity index (χ1) is 10.2. The number of carbonyl (C=O) groups excluding carboxylic acids is 1. The second kappa shape index (κ2) is 6.16. The Morgan fingerprint density at radius 1 is 1.38 bits per heavy atom. The summed E-state index contributed by atoms with van der Waals surface area (Å²) in [5.41, 5.74) is 1.56. The van der Waals surface area contributed by atoms with Crippen LogP contribution in [-0.2, 0) is 10.2 Å². The second-order valence-electron chi connectivity index (χ2n) is 6.45. The monoisotopic (exact) mass is 287 g/mol. The molecule has 1 atom stereocenters. The lowest BCUT2D eigenvalue weighted by molar-refractivity contribution is -0.123. The lowest BCUT2D eigenvalue weighted by Crippen LogP contribution is -2.53. The fourth-order valence-corrected chi connectivity index (χ4v) is 3.14. The van der Waals surface area contributed by atoms with Crippen molar-refractivity contribution in [3.05, 3.63) is 35.9 Å². The smallest absolute Gasteiger partial charge is 0.234 e. The third-order valence-electron chi connectivity index (χ3n) is 4.85. The van der Waals surface area contributed by atoms with E-state index in [4.69, 9.17) is 0 Å². The number of nitrogens with zero attached hydrogens (tertiary/aromatic N) is 1. The molecule has 2 fully saturated rings. The molecule has 1 aromatic rings. The highest BCUT2D eigenvalue weighted by molar-refractivity contribution is 5.78. The Morgan fingerprint density at radius 3 is 2.81 bits per heavy atom. The highest BCUT2D eigenvalue weighted by Crippen LogP contribution is 2.47. The molecule has 2 N–H and O–H groups in total. The van der Waals surface area contributed by atoms with E-state index in [-0.39, 0.29) is 11.3 Å². The summed E-state index contributed by atoms with van der Waals surface area (Å²) in [6.07, 6.45) is 2.36. The number of piperazine rings is 1. The molecule has 21 heavy (non-hydrogen) atoms. The van der Waals surface area contributed by atoms with Gasteiger partial charge in [-0.15, -0.1) is 0 Å². The summed E-state index contributed by atoms with van der Waals surface area (Å²) in [6, 6.07) is 11.0. The van der Waals surface area contributed by atoms with Gasteiger partial charge in [0.2, 0.25) is 5.91 Å². The van der Waals surface area contributed by atoms with Crippen LogP contribution in [-0.4, -0.2) is 49.6 Å². The van der Waals surface area contributed by atoms with Crippen molar-refractivity contribution in [2.75, 3.05) is 32.7 Å². The second-order valence-corrected chi connectivity index (χ2v) is 6.45. The number of amides is 1. The van der Waals surface area contributed by atoms with E-state index in [0.29, 0.717) is 12.6 Å². The van der Waals surface area contributed by atoms with Gasteiger partial charge in [0.1, 0.15) is 0 Å². The molecule has 114 valence electrons. The molecular formula is C17H25N3O. The lowest BCUT2D eigenvalue weighted by atomic mass is 9.96. The van der Waals surface area contributed by atoms with Crippen LogP contribution >= 0.6 is 0 Å². The SMILES string of the molecule is C[C@@H]1CNCCN1CC(=O)NCC1(c2ccccc2)CC1. The van der Waals surface area contributed by atoms with Gasteiger partial charge in [0.05, 0.1) is 6.54 Å². The molecule has 1 amide bonds. The molecule has 0 bridgehead atoms. The number of benzene rings is 1. The zero-order chi connectivity index (χ0) is 14.7. The third-order valence-corrected chi connectivity index (χ3v) is 4.85. The van der Waals surface area contributed by atoms with Gasteiger partial charge >= 0.3 is 0 Å². The number of carbonyl (C=O) groups is 1. The van der Waals surface area contributed by atoms with Crippen LogP contribution in [0.3, 0.4) is 0 Å². The Balaban J connectivity index is 1.50. The zero-order valence-corrected chi connectivity index (χ0v) is 12.8. The molecule has 2 aliphatic rings. The fourth-order valence-electron chi connectivity index (χ4n) is 3.14. The van der Waals surface area contributed by atoms with Crippen LogP contribution in [0.5, 0.6) is 0 Å². The molecule has 1 aromatic carbocycles. The predicted molar refractivity (Wildman–Crippen MR) is 84.3 cm³/mol. The Bertz CT molecular complexity index is 484. The van der Waals surface area contributed by atoms with Crippen molar-refractivity contribution in [3.63, 3.8) is 0 Å². The number of rotatable bonds is 5. The minimum absolute atomic E-state index is 0.158. The van der Waals surface area contributed by atoms with Crippen molar-refractivity contribution in [1.82, 2.24) is 15.5 Å². The molecule has 3 rings (SSSR count). The zero-order valence-electron chi connectivity index (χ0n) is 12.8. The van der Waals surface area contributed by atoms with Gasteiger partial charge in [-0.2, -0.15) is 0 Å². The van der Waals surface area contributed by atoms with Gasteiger partial charge < -0.3 is 10.6 Å². The Hall–Kier alpha value is -1.39. The topological polar surface area (TPSA) is 44.4 Å². The summed E-state index contributed by atoms with van der Waals surface area (Å²) in [7, 11) is 0. The summed E-state index contributed by atoms with van der Waals surface area (Å²) in [5, 5.41) is 6.50. The maximum atomic E-state index is 12.2. The van der Waals surface area contributed by atoms with Crippen LogP contribution in [0.1, 0.15) is 25.3 Å². The van der Waals surface area contributed by atoms with E-state index in [1.165, 1.54) is 18.4 Å². The number of hydrogen-bond acceptors (Lipinski definition) is 3. The molecule has 1 heterocycles. The van der Waals surface area contributed by atoms with Gasteiger partial charge in [-0.25, -0.2) is 0 Å². The lowest BCUT2D eigenvalue weighted by Gasteiger charge is -2.33. The standard InChI is InChI=1S/C17H25N3O/c1-14-11-18-9-10-20(14)12-16(21)19-13-17(7-8-17)15-5-3-2-4-6-15/h2-6,14,18H,7-13H2,1H3,(H,19,21)/t14-/m1/s1. The number of nitrogens with one attached hydrogen (secondary N) is 2. The van der Waals surface area contributed by atoms with Gasteiger partial charge in [0.25, 0.3) is 0 Å². The minimum Gasteiger partial charge on any atom is -0.354 e. The van der Waals surface area contributed by atoms with Crippen molar-refractivity contribution < 1.29 is 4.79 Å². The first kappa shape index (κ1) is 14.5. The highest BCUT2D eigenvalue weighted by atomic mass is 16.2. The van der Waals surface area contributed by atoms with E-state index in [0.717, 1.165) is 26.2 Å². The maximum absolute atomic E-state index is 12.2. The fraction of sp³-hybridized carbons (Fsp3) is 0.588. The molecule has 4 heteroatoms. The highest BCUT2D eigenvalue weighted by Gasteiger charge is 2.44. The summed E-state index contributed by atoms with van der Waals surface area (Å²) in [6.45, 7) is 6.38. The molecule has 0 radical (unpaired) electrons. The third kappa shape index (κ3) is 3.44. The van der Waals surface area contributed by atoms with Gasteiger partial charge in [-0.3, -0.25) is 9.69 Å². The summed E-state index contributed by atoms with van der Waals surface area (Å²) < 4.78 is 0. The largest absolute Gasteiger partial charge is 0.354 e. The molecule has 0 aromatic heterocycles.